The molecule has 0 saturated carbocycles. The number of benzene rings is 3. The van der Waals surface area contributed by atoms with Crippen molar-refractivity contribution < 1.29 is 9.90 Å². The first-order chi connectivity index (χ1) is 17.3. The van der Waals surface area contributed by atoms with E-state index in [4.69, 9.17) is 0 Å². The zero-order chi connectivity index (χ0) is 25.8. The number of phenols is 1. The summed E-state index contributed by atoms with van der Waals surface area (Å²) in [6.45, 7) is 1.87. The Morgan fingerprint density at radius 3 is 2.19 bits per heavy atom. The molecule has 3 aromatic carbocycles. The Hall–Kier alpha value is -4.79. The number of aromatic amines is 1. The van der Waals surface area contributed by atoms with Crippen LogP contribution in [0.5, 0.6) is 5.75 Å². The van der Waals surface area contributed by atoms with Crippen LogP contribution in [-0.2, 0) is 0 Å². The largest absolute Gasteiger partial charge is 0.505 e. The second kappa shape index (κ2) is 10.2. The van der Waals surface area contributed by atoms with Crippen molar-refractivity contribution in [3.8, 4) is 11.4 Å². The molecule has 0 unspecified atom stereocenters. The molecule has 0 saturated heterocycles. The van der Waals surface area contributed by atoms with E-state index in [9.17, 15) is 19.5 Å². The molecule has 0 radical (unpaired) electrons. The van der Waals surface area contributed by atoms with Crippen LogP contribution in [0.4, 0.5) is 17.1 Å². The Bertz CT molecular complexity index is 1490. The van der Waals surface area contributed by atoms with Gasteiger partial charge in [0, 0.05) is 20.1 Å². The van der Waals surface area contributed by atoms with Crippen LogP contribution < -0.4 is 21.8 Å². The molecule has 0 aliphatic carbocycles. The van der Waals surface area contributed by atoms with Gasteiger partial charge in [-0.25, -0.2) is 4.68 Å². The number of para-hydroxylation sites is 2. The van der Waals surface area contributed by atoms with Crippen molar-refractivity contribution in [1.29, 1.82) is 0 Å². The fourth-order valence-corrected chi connectivity index (χ4v) is 3.79. The number of hydrogen-bond donors (Lipinski definition) is 4. The van der Waals surface area contributed by atoms with Gasteiger partial charge in [-0.05, 0) is 36.8 Å². The van der Waals surface area contributed by atoms with Crippen LogP contribution in [0.1, 0.15) is 28.9 Å². The number of nitrogens with one attached hydrogen (secondary N) is 3. The van der Waals surface area contributed by atoms with Crippen LogP contribution in [0, 0.1) is 0 Å². The number of aromatic nitrogens is 2. The molecule has 9 nitrogen and oxygen atoms in total. The Kier molecular flexibility index (Phi) is 6.91. The van der Waals surface area contributed by atoms with Gasteiger partial charge in [0.1, 0.15) is 11.4 Å². The monoisotopic (exact) mass is 485 g/mol. The van der Waals surface area contributed by atoms with Gasteiger partial charge < -0.3 is 20.6 Å². The molecule has 184 valence electrons. The highest BCUT2D eigenvalue weighted by Gasteiger charge is 2.22. The van der Waals surface area contributed by atoms with Gasteiger partial charge in [0.05, 0.1) is 16.9 Å². The number of H-pyrrole nitrogens is 1. The van der Waals surface area contributed by atoms with Crippen molar-refractivity contribution in [2.75, 3.05) is 24.7 Å². The minimum absolute atomic E-state index is 0.00673. The lowest BCUT2D eigenvalue weighted by molar-refractivity contribution is 0.0824. The summed E-state index contributed by atoms with van der Waals surface area (Å²) >= 11 is 0. The highest BCUT2D eigenvalue weighted by molar-refractivity contribution is 5.98. The number of carbonyl (C=O) groups excluding carboxylic acids is 1. The number of carbonyl (C=O) groups is 1. The predicted molar refractivity (Wildman–Crippen MR) is 141 cm³/mol. The quantitative estimate of drug-likeness (QED) is 0.295. The number of rotatable bonds is 7. The predicted octanol–water partition coefficient (Wildman–Crippen LogP) is 3.85. The molecule has 4 aromatic rings. The lowest BCUT2D eigenvalue weighted by Gasteiger charge is -2.20. The van der Waals surface area contributed by atoms with E-state index < -0.39 is 17.0 Å². The fourth-order valence-electron chi connectivity index (χ4n) is 3.79. The summed E-state index contributed by atoms with van der Waals surface area (Å²) in [7, 11) is 3.15. The van der Waals surface area contributed by atoms with E-state index in [1.165, 1.54) is 17.0 Å². The van der Waals surface area contributed by atoms with Gasteiger partial charge in [0.25, 0.3) is 17.0 Å². The standard InChI is InChI=1S/C27H27N5O4/c1-17(18-11-6-4-7-12-18)28-22-23(27(36)32(30-25(22)34)19-13-8-5-9-14-19)29-21-16-10-15-20(24(21)33)26(35)31(2)3/h4-17,28-29,33H,1-3H3,(H,30,34)/t17-/m1/s1. The van der Waals surface area contributed by atoms with E-state index in [1.807, 2.05) is 37.3 Å². The maximum absolute atomic E-state index is 13.6. The SMILES string of the molecule is C[C@@H](Nc1c(Nc2cccc(C(=O)N(C)C)c2O)c(=O)n(-c2ccccc2)[nH]c1=O)c1ccccc1. The summed E-state index contributed by atoms with van der Waals surface area (Å²) in [6, 6.07) is 22.4. The molecule has 1 heterocycles. The maximum atomic E-state index is 13.6. The summed E-state index contributed by atoms with van der Waals surface area (Å²) in [5.74, 6) is -0.732. The number of nitrogens with zero attached hydrogens (tertiary/aromatic N) is 2. The van der Waals surface area contributed by atoms with Crippen molar-refractivity contribution in [3.63, 3.8) is 0 Å². The van der Waals surface area contributed by atoms with Gasteiger partial charge in [-0.3, -0.25) is 19.5 Å². The molecule has 0 aliphatic rings. The molecule has 0 fully saturated rings. The second-order valence-electron chi connectivity index (χ2n) is 8.47. The van der Waals surface area contributed by atoms with E-state index in [0.29, 0.717) is 5.69 Å². The van der Waals surface area contributed by atoms with E-state index in [1.54, 1.807) is 50.5 Å². The minimum Gasteiger partial charge on any atom is -0.505 e. The second-order valence-corrected chi connectivity index (χ2v) is 8.47. The molecule has 4 N–H and O–H groups in total. The van der Waals surface area contributed by atoms with Crippen molar-refractivity contribution in [3.05, 3.63) is 111 Å². The lowest BCUT2D eigenvalue weighted by atomic mass is 10.1. The Balaban J connectivity index is 1.86. The summed E-state index contributed by atoms with van der Waals surface area (Å²) in [5.41, 5.74) is 0.395. The van der Waals surface area contributed by atoms with Crippen molar-refractivity contribution in [2.45, 2.75) is 13.0 Å². The summed E-state index contributed by atoms with van der Waals surface area (Å²) in [5, 5.41) is 19.5. The Labute approximate surface area is 207 Å². The van der Waals surface area contributed by atoms with Gasteiger partial charge in [0.15, 0.2) is 5.75 Å². The number of hydrogen-bond acceptors (Lipinski definition) is 6. The topological polar surface area (TPSA) is 119 Å². The Morgan fingerprint density at radius 2 is 1.56 bits per heavy atom. The molecule has 0 bridgehead atoms. The van der Waals surface area contributed by atoms with Gasteiger partial charge in [0.2, 0.25) is 0 Å². The zero-order valence-corrected chi connectivity index (χ0v) is 20.1. The highest BCUT2D eigenvalue weighted by Crippen LogP contribution is 2.32. The molecule has 36 heavy (non-hydrogen) atoms. The van der Waals surface area contributed by atoms with E-state index >= 15 is 0 Å². The molecule has 0 aliphatic heterocycles. The molecular weight excluding hydrogens is 458 g/mol. The zero-order valence-electron chi connectivity index (χ0n) is 20.1. The lowest BCUT2D eigenvalue weighted by Crippen LogP contribution is -2.33. The van der Waals surface area contributed by atoms with Gasteiger partial charge in [-0.15, -0.1) is 0 Å². The van der Waals surface area contributed by atoms with E-state index in [-0.39, 0.29) is 34.4 Å². The van der Waals surface area contributed by atoms with Crippen molar-refractivity contribution in [2.24, 2.45) is 0 Å². The van der Waals surface area contributed by atoms with E-state index in [0.717, 1.165) is 10.2 Å². The molecule has 1 atom stereocenters. The molecule has 4 rings (SSSR count). The Morgan fingerprint density at radius 1 is 0.917 bits per heavy atom. The van der Waals surface area contributed by atoms with Crippen LogP contribution in [0.25, 0.3) is 5.69 Å². The highest BCUT2D eigenvalue weighted by atomic mass is 16.3. The smallest absolute Gasteiger partial charge is 0.295 e. The molecular formula is C27H27N5O4. The molecule has 9 heteroatoms. The van der Waals surface area contributed by atoms with Gasteiger partial charge in [-0.2, -0.15) is 0 Å². The van der Waals surface area contributed by atoms with Crippen LogP contribution in [0.2, 0.25) is 0 Å². The summed E-state index contributed by atoms with van der Waals surface area (Å²) in [4.78, 5) is 40.7. The average molecular weight is 486 g/mol. The first kappa shape index (κ1) is 24.3. The molecule has 0 spiro atoms. The first-order valence-electron chi connectivity index (χ1n) is 11.3. The third-order valence-electron chi connectivity index (χ3n) is 5.71. The van der Waals surface area contributed by atoms with Crippen LogP contribution in [0.3, 0.4) is 0 Å². The number of amides is 1. The van der Waals surface area contributed by atoms with E-state index in [2.05, 4.69) is 15.7 Å². The third-order valence-corrected chi connectivity index (χ3v) is 5.71. The fraction of sp³-hybridized carbons (Fsp3) is 0.148. The summed E-state index contributed by atoms with van der Waals surface area (Å²) in [6.07, 6.45) is 0. The maximum Gasteiger partial charge on any atom is 0.295 e. The third kappa shape index (κ3) is 4.85. The summed E-state index contributed by atoms with van der Waals surface area (Å²) < 4.78 is 1.13. The average Bonchev–Trinajstić information content (AvgIpc) is 2.89. The number of anilines is 3. The molecule has 1 amide bonds. The van der Waals surface area contributed by atoms with Crippen molar-refractivity contribution >= 4 is 23.0 Å². The van der Waals surface area contributed by atoms with Crippen LogP contribution in [0.15, 0.2) is 88.5 Å². The first-order valence-corrected chi connectivity index (χ1v) is 11.3. The number of aromatic hydroxyl groups is 1. The minimum atomic E-state index is -0.549. The van der Waals surface area contributed by atoms with Crippen LogP contribution >= 0.6 is 0 Å². The van der Waals surface area contributed by atoms with Gasteiger partial charge >= 0.3 is 0 Å². The normalized spacial score (nSPS) is 11.5. The molecule has 1 aromatic heterocycles. The van der Waals surface area contributed by atoms with Gasteiger partial charge in [-0.1, -0.05) is 54.6 Å². The number of phenolic OH excluding ortho intramolecular Hbond substituents is 1. The van der Waals surface area contributed by atoms with Crippen molar-refractivity contribution in [1.82, 2.24) is 14.7 Å². The van der Waals surface area contributed by atoms with Crippen LogP contribution in [-0.4, -0.2) is 39.8 Å².